The molecule has 3 aliphatic rings. The van der Waals surface area contributed by atoms with Crippen LogP contribution in [0.5, 0.6) is 0 Å². The average Bonchev–Trinajstić information content (AvgIpc) is 3.64. The van der Waals surface area contributed by atoms with Crippen LogP contribution < -0.4 is 9.80 Å². The summed E-state index contributed by atoms with van der Waals surface area (Å²) >= 11 is 3.48. The number of benzene rings is 2. The summed E-state index contributed by atoms with van der Waals surface area (Å²) in [6, 6.07) is 12.9. The molecule has 2 aromatic carbocycles. The Morgan fingerprint density at radius 2 is 1.92 bits per heavy atom. The van der Waals surface area contributed by atoms with Crippen molar-refractivity contribution in [2.24, 2.45) is 5.92 Å². The van der Waals surface area contributed by atoms with E-state index in [0.717, 1.165) is 41.5 Å². The van der Waals surface area contributed by atoms with Crippen molar-refractivity contribution in [2.45, 2.75) is 57.2 Å². The SMILES string of the molecule is C[C@H](/C=C/CC(=O)N1CCC[C@H]1CO)[C@@]1(O)C(=O)N(Cc2ccc(N3CCCC3=O)cc2)c2ccc(Br)cc21. The van der Waals surface area contributed by atoms with Crippen molar-refractivity contribution in [1.82, 2.24) is 4.90 Å². The summed E-state index contributed by atoms with van der Waals surface area (Å²) in [5.74, 6) is -0.951. The fourth-order valence-electron chi connectivity index (χ4n) is 5.94. The van der Waals surface area contributed by atoms with Gasteiger partial charge in [0.05, 0.1) is 24.9 Å². The molecule has 2 N–H and O–H groups in total. The summed E-state index contributed by atoms with van der Waals surface area (Å²) in [6.07, 6.45) is 6.70. The lowest BCUT2D eigenvalue weighted by Crippen LogP contribution is -2.44. The number of anilines is 2. The Hall–Kier alpha value is -3.01. The Bertz CT molecular complexity index is 1300. The number of halogens is 1. The molecule has 9 heteroatoms. The van der Waals surface area contributed by atoms with Gasteiger partial charge >= 0.3 is 0 Å². The number of hydrogen-bond donors (Lipinski definition) is 2. The summed E-state index contributed by atoms with van der Waals surface area (Å²) in [5, 5.41) is 21.4. The minimum atomic E-state index is -1.79. The van der Waals surface area contributed by atoms with Gasteiger partial charge in [0.1, 0.15) is 0 Å². The molecule has 3 amide bonds. The highest BCUT2D eigenvalue weighted by Crippen LogP contribution is 2.46. The Balaban J connectivity index is 1.34. The second-order valence-corrected chi connectivity index (χ2v) is 11.5. The molecule has 3 aliphatic heterocycles. The molecule has 206 valence electrons. The topological polar surface area (TPSA) is 101 Å². The van der Waals surface area contributed by atoms with Crippen LogP contribution in [-0.2, 0) is 26.5 Å². The van der Waals surface area contributed by atoms with Gasteiger partial charge in [0.2, 0.25) is 11.8 Å². The van der Waals surface area contributed by atoms with E-state index in [-0.39, 0.29) is 37.4 Å². The largest absolute Gasteiger partial charge is 0.394 e. The summed E-state index contributed by atoms with van der Waals surface area (Å²) in [4.78, 5) is 43.7. The first-order valence-electron chi connectivity index (χ1n) is 13.5. The minimum Gasteiger partial charge on any atom is -0.394 e. The number of amides is 3. The smallest absolute Gasteiger partial charge is 0.264 e. The van der Waals surface area contributed by atoms with Crippen molar-refractivity contribution in [2.75, 3.05) is 29.5 Å². The Labute approximate surface area is 237 Å². The molecule has 3 atom stereocenters. The van der Waals surface area contributed by atoms with Crippen molar-refractivity contribution in [3.63, 3.8) is 0 Å². The third-order valence-corrected chi connectivity index (χ3v) is 8.67. The average molecular weight is 597 g/mol. The zero-order chi connectivity index (χ0) is 27.7. The Morgan fingerprint density at radius 1 is 1.15 bits per heavy atom. The lowest BCUT2D eigenvalue weighted by molar-refractivity contribution is -0.139. The second kappa shape index (κ2) is 11.2. The number of carbonyl (C=O) groups is 3. The highest BCUT2D eigenvalue weighted by molar-refractivity contribution is 9.10. The first-order chi connectivity index (χ1) is 18.7. The molecule has 0 bridgehead atoms. The first kappa shape index (κ1) is 27.6. The van der Waals surface area contributed by atoms with E-state index in [9.17, 15) is 24.6 Å². The minimum absolute atomic E-state index is 0.0410. The summed E-state index contributed by atoms with van der Waals surface area (Å²) in [7, 11) is 0. The van der Waals surface area contributed by atoms with Crippen molar-refractivity contribution in [3.05, 3.63) is 70.2 Å². The quantitative estimate of drug-likeness (QED) is 0.451. The van der Waals surface area contributed by atoms with Gasteiger partial charge in [0.15, 0.2) is 5.60 Å². The predicted molar refractivity (Wildman–Crippen MR) is 152 cm³/mol. The molecule has 2 fully saturated rings. The molecule has 39 heavy (non-hydrogen) atoms. The van der Waals surface area contributed by atoms with Crippen molar-refractivity contribution < 1.29 is 24.6 Å². The van der Waals surface area contributed by atoms with Gasteiger partial charge in [-0.05, 0) is 55.2 Å². The standard InChI is InChI=1S/C30H34BrN3O5/c1-20(5-2-7-27(36)33-15-3-6-24(33)19-35)30(39)25-17-22(31)11-14-26(25)34(29(30)38)18-21-9-12-23(13-10-21)32-16-4-8-28(32)37/h2,5,9-14,17,20,24,35,39H,3-4,6-8,15-16,18-19H2,1H3/b5-2+/t20-,24+,30+/m1/s1. The van der Waals surface area contributed by atoms with E-state index in [4.69, 9.17) is 0 Å². The van der Waals surface area contributed by atoms with E-state index >= 15 is 0 Å². The Kier molecular flexibility index (Phi) is 7.94. The Morgan fingerprint density at radius 3 is 2.62 bits per heavy atom. The molecule has 0 radical (unpaired) electrons. The van der Waals surface area contributed by atoms with Crippen LogP contribution in [-0.4, -0.2) is 58.6 Å². The van der Waals surface area contributed by atoms with Gasteiger partial charge in [-0.2, -0.15) is 0 Å². The number of fused-ring (bicyclic) bond motifs is 1. The molecule has 2 saturated heterocycles. The number of aliphatic hydroxyl groups is 2. The van der Waals surface area contributed by atoms with Crippen molar-refractivity contribution in [1.29, 1.82) is 0 Å². The maximum atomic E-state index is 13.8. The molecule has 0 unspecified atom stereocenters. The van der Waals surface area contributed by atoms with Gasteiger partial charge in [-0.15, -0.1) is 0 Å². The third kappa shape index (κ3) is 5.15. The van der Waals surface area contributed by atoms with Gasteiger partial charge in [0.25, 0.3) is 5.91 Å². The zero-order valence-corrected chi connectivity index (χ0v) is 23.6. The zero-order valence-electron chi connectivity index (χ0n) is 22.1. The van der Waals surface area contributed by atoms with Gasteiger partial charge in [-0.25, -0.2) is 0 Å². The molecular formula is C30H34BrN3O5. The maximum Gasteiger partial charge on any atom is 0.264 e. The fourth-order valence-corrected chi connectivity index (χ4v) is 6.31. The molecule has 0 saturated carbocycles. The highest BCUT2D eigenvalue weighted by atomic mass is 79.9. The van der Waals surface area contributed by atoms with Crippen LogP contribution in [0.1, 0.15) is 50.2 Å². The van der Waals surface area contributed by atoms with E-state index in [1.165, 1.54) is 0 Å². The van der Waals surface area contributed by atoms with E-state index in [0.29, 0.717) is 24.2 Å². The van der Waals surface area contributed by atoms with Crippen LogP contribution in [0.4, 0.5) is 11.4 Å². The predicted octanol–water partition coefficient (Wildman–Crippen LogP) is 3.88. The number of hydrogen-bond acceptors (Lipinski definition) is 5. The molecule has 2 aromatic rings. The number of carbonyl (C=O) groups excluding carboxylic acids is 3. The summed E-state index contributed by atoms with van der Waals surface area (Å²) in [5.41, 5.74) is 1.10. The van der Waals surface area contributed by atoms with Gasteiger partial charge < -0.3 is 24.9 Å². The van der Waals surface area contributed by atoms with Gasteiger partial charge in [0, 0.05) is 47.6 Å². The van der Waals surface area contributed by atoms with Crippen LogP contribution >= 0.6 is 15.9 Å². The number of aliphatic hydroxyl groups excluding tert-OH is 1. The first-order valence-corrected chi connectivity index (χ1v) is 14.3. The monoisotopic (exact) mass is 595 g/mol. The lowest BCUT2D eigenvalue weighted by atomic mass is 9.83. The second-order valence-electron chi connectivity index (χ2n) is 10.6. The molecule has 5 rings (SSSR count). The van der Waals surface area contributed by atoms with Crippen LogP contribution in [0.2, 0.25) is 0 Å². The molecule has 3 heterocycles. The molecule has 0 aliphatic carbocycles. The summed E-state index contributed by atoms with van der Waals surface area (Å²) < 4.78 is 0.754. The summed E-state index contributed by atoms with van der Waals surface area (Å²) in [6.45, 7) is 3.37. The van der Waals surface area contributed by atoms with E-state index in [1.54, 1.807) is 39.8 Å². The lowest BCUT2D eigenvalue weighted by Gasteiger charge is -2.28. The normalized spacial score (nSPS) is 23.8. The molecule has 0 spiro atoms. The van der Waals surface area contributed by atoms with E-state index < -0.39 is 17.4 Å². The van der Waals surface area contributed by atoms with Crippen LogP contribution in [0.3, 0.4) is 0 Å². The van der Waals surface area contributed by atoms with Crippen LogP contribution in [0.15, 0.2) is 59.1 Å². The molecular weight excluding hydrogens is 562 g/mol. The number of rotatable bonds is 8. The van der Waals surface area contributed by atoms with Crippen LogP contribution in [0.25, 0.3) is 0 Å². The van der Waals surface area contributed by atoms with Gasteiger partial charge in [-0.1, -0.05) is 47.1 Å². The number of likely N-dealkylation sites (tertiary alicyclic amines) is 1. The highest BCUT2D eigenvalue weighted by Gasteiger charge is 2.52. The van der Waals surface area contributed by atoms with Crippen LogP contribution in [0, 0.1) is 5.92 Å². The fraction of sp³-hybridized carbons (Fsp3) is 0.433. The molecule has 8 nitrogen and oxygen atoms in total. The van der Waals surface area contributed by atoms with E-state index in [1.807, 2.05) is 36.4 Å². The van der Waals surface area contributed by atoms with Gasteiger partial charge in [-0.3, -0.25) is 14.4 Å². The van der Waals surface area contributed by atoms with E-state index in [2.05, 4.69) is 15.9 Å². The maximum absolute atomic E-state index is 13.8. The number of nitrogens with zero attached hydrogens (tertiary/aromatic N) is 3. The molecule has 0 aromatic heterocycles. The van der Waals surface area contributed by atoms with Crippen molar-refractivity contribution >= 4 is 45.0 Å². The van der Waals surface area contributed by atoms with Crippen molar-refractivity contribution in [3.8, 4) is 0 Å². The third-order valence-electron chi connectivity index (χ3n) is 8.18.